The minimum Gasteiger partial charge on any atom is -0.507 e. The Bertz CT molecular complexity index is 1890. The molecule has 10 heteroatoms. The lowest BCUT2D eigenvalue weighted by molar-refractivity contribution is 0.414. The van der Waals surface area contributed by atoms with Crippen molar-refractivity contribution < 1.29 is 10.2 Å². The molecule has 0 atom stereocenters. The van der Waals surface area contributed by atoms with Crippen LogP contribution in [0.1, 0.15) is 52.4 Å². The van der Waals surface area contributed by atoms with Gasteiger partial charge in [-0.1, -0.05) is 42.5 Å². The summed E-state index contributed by atoms with van der Waals surface area (Å²) in [5.74, 6) is 0.0490. The average molecular weight is 619 g/mol. The Labute approximate surface area is 271 Å². The molecular formula is C36H41BN5O4. The Hall–Kier alpha value is -4.99. The van der Waals surface area contributed by atoms with Crippen LogP contribution in [0.2, 0.25) is 0 Å². The van der Waals surface area contributed by atoms with Crippen LogP contribution in [0.4, 0.5) is 5.69 Å². The van der Waals surface area contributed by atoms with E-state index in [1.54, 1.807) is 16.8 Å². The molecule has 0 saturated heterocycles. The molecule has 46 heavy (non-hydrogen) atoms. The van der Waals surface area contributed by atoms with E-state index in [2.05, 4.69) is 53.5 Å². The highest BCUT2D eigenvalue weighted by Gasteiger charge is 2.19. The van der Waals surface area contributed by atoms with Gasteiger partial charge in [0.2, 0.25) is 0 Å². The lowest BCUT2D eigenvalue weighted by Gasteiger charge is -2.28. The maximum atomic E-state index is 11.9. The zero-order valence-corrected chi connectivity index (χ0v) is 26.5. The molecule has 2 fully saturated rings. The molecule has 3 radical (unpaired) electrons. The third-order valence-electron chi connectivity index (χ3n) is 8.25. The number of benzene rings is 3. The smallest absolute Gasteiger partial charge is 0.275 e. The van der Waals surface area contributed by atoms with Crippen LogP contribution < -0.4 is 21.4 Å². The number of rotatable bonds is 6. The van der Waals surface area contributed by atoms with Gasteiger partial charge in [-0.15, -0.1) is 0 Å². The van der Waals surface area contributed by atoms with Gasteiger partial charge in [0.05, 0.1) is 11.0 Å². The molecule has 237 valence electrons. The van der Waals surface area contributed by atoms with Crippen molar-refractivity contribution in [2.75, 3.05) is 23.4 Å². The van der Waals surface area contributed by atoms with Crippen LogP contribution in [-0.2, 0) is 0 Å². The molecule has 0 amide bonds. The molecule has 2 saturated carbocycles. The van der Waals surface area contributed by atoms with E-state index in [0.717, 1.165) is 56.4 Å². The molecule has 0 spiro atoms. The zero-order chi connectivity index (χ0) is 31.8. The number of aromatic nitrogens is 2. The van der Waals surface area contributed by atoms with Gasteiger partial charge in [0.25, 0.3) is 11.1 Å². The number of aromatic hydroxyl groups is 2. The van der Waals surface area contributed by atoms with E-state index < -0.39 is 0 Å². The molecule has 0 aliphatic heterocycles. The lowest BCUT2D eigenvalue weighted by atomic mass is 9.94. The second kappa shape index (κ2) is 15.8. The first-order valence-corrected chi connectivity index (χ1v) is 15.7. The van der Waals surface area contributed by atoms with Crippen molar-refractivity contribution >= 4 is 41.6 Å². The third kappa shape index (κ3) is 7.80. The van der Waals surface area contributed by atoms with Crippen molar-refractivity contribution in [3.8, 4) is 11.5 Å². The number of fused-ring (bicyclic) bond motifs is 2. The fourth-order valence-electron chi connectivity index (χ4n) is 5.27. The molecule has 2 aliphatic rings. The summed E-state index contributed by atoms with van der Waals surface area (Å²) in [5.41, 5.74) is 6.44. The van der Waals surface area contributed by atoms with Gasteiger partial charge in [0.1, 0.15) is 11.5 Å². The summed E-state index contributed by atoms with van der Waals surface area (Å²) in [7, 11) is 0. The molecule has 3 aromatic carbocycles. The Morgan fingerprint density at radius 2 is 1.30 bits per heavy atom. The van der Waals surface area contributed by atoms with E-state index in [1.807, 2.05) is 42.5 Å². The van der Waals surface area contributed by atoms with E-state index in [1.165, 1.54) is 28.9 Å². The zero-order valence-electron chi connectivity index (χ0n) is 26.5. The highest BCUT2D eigenvalue weighted by molar-refractivity contribution is 5.90. The van der Waals surface area contributed by atoms with Crippen LogP contribution in [0.5, 0.6) is 11.5 Å². The molecule has 9 nitrogen and oxygen atoms in total. The van der Waals surface area contributed by atoms with Gasteiger partial charge in [-0.05, 0) is 88.8 Å². The van der Waals surface area contributed by atoms with Crippen molar-refractivity contribution in [2.45, 2.75) is 58.4 Å². The quantitative estimate of drug-likeness (QED) is 0.200. The standard InChI is InChI=1S/C13H14N2O2.C13H12N2O2.C10H15N.B/c2*16-12-8-13(17)15(14-9-4-3-5-9)11-7-2-1-6-10(11)12;1-3-11(4-2)10-8-6-5-7-9-10;/h1-2,6-9,14,16H,3-5H2;1-2,6-8,16H,3-5H2;5-9H,3-4H2,1-2H3;. The van der Waals surface area contributed by atoms with Gasteiger partial charge in [0, 0.05) is 61.8 Å². The fraction of sp³-hybridized carbons (Fsp3) is 0.306. The van der Waals surface area contributed by atoms with Crippen LogP contribution in [-0.4, -0.2) is 52.8 Å². The Kier molecular flexibility index (Phi) is 11.7. The molecular weight excluding hydrogens is 577 g/mol. The second-order valence-corrected chi connectivity index (χ2v) is 11.2. The van der Waals surface area contributed by atoms with E-state index in [9.17, 15) is 19.8 Å². The van der Waals surface area contributed by atoms with Crippen LogP contribution in [0.15, 0.2) is 106 Å². The number of hydrogen-bond acceptors (Lipinski definition) is 7. The maximum absolute atomic E-state index is 11.9. The van der Waals surface area contributed by atoms with Gasteiger partial charge in [0.15, 0.2) is 0 Å². The number of nitrogens with one attached hydrogen (secondary N) is 1. The van der Waals surface area contributed by atoms with Crippen molar-refractivity contribution in [3.63, 3.8) is 0 Å². The van der Waals surface area contributed by atoms with E-state index >= 15 is 0 Å². The predicted octanol–water partition coefficient (Wildman–Crippen LogP) is 6.05. The first-order valence-electron chi connectivity index (χ1n) is 15.7. The monoisotopic (exact) mass is 618 g/mol. The minimum absolute atomic E-state index is 0. The summed E-state index contributed by atoms with van der Waals surface area (Å²) in [5, 5.41) is 25.1. The normalized spacial score (nSPS) is 13.6. The van der Waals surface area contributed by atoms with Gasteiger partial charge in [-0.25, -0.2) is 4.68 Å². The summed E-state index contributed by atoms with van der Waals surface area (Å²) in [4.78, 5) is 26.0. The summed E-state index contributed by atoms with van der Waals surface area (Å²) >= 11 is 0. The molecule has 2 heterocycles. The third-order valence-corrected chi connectivity index (χ3v) is 8.25. The number of nitrogens with zero attached hydrogens (tertiary/aromatic N) is 4. The first kappa shape index (κ1) is 33.9. The van der Waals surface area contributed by atoms with Crippen molar-refractivity contribution in [1.82, 2.24) is 9.35 Å². The maximum Gasteiger partial charge on any atom is 0.275 e. The van der Waals surface area contributed by atoms with Crippen LogP contribution >= 0.6 is 0 Å². The lowest BCUT2D eigenvalue weighted by Crippen LogP contribution is -2.39. The second-order valence-electron chi connectivity index (χ2n) is 11.2. The minimum atomic E-state index is -0.291. The highest BCUT2D eigenvalue weighted by Crippen LogP contribution is 2.24. The van der Waals surface area contributed by atoms with Crippen molar-refractivity contribution in [2.24, 2.45) is 5.10 Å². The van der Waals surface area contributed by atoms with Gasteiger partial charge in [-0.3, -0.25) is 9.59 Å². The largest absolute Gasteiger partial charge is 0.507 e. The number of anilines is 1. The Morgan fingerprint density at radius 1 is 0.761 bits per heavy atom. The van der Waals surface area contributed by atoms with E-state index in [4.69, 9.17) is 0 Å². The van der Waals surface area contributed by atoms with Gasteiger partial charge < -0.3 is 20.5 Å². The molecule has 7 rings (SSSR count). The number of pyridine rings is 2. The van der Waals surface area contributed by atoms with Crippen LogP contribution in [0.25, 0.3) is 21.8 Å². The van der Waals surface area contributed by atoms with E-state index in [-0.39, 0.29) is 31.0 Å². The molecule has 5 aromatic rings. The number of hydrogen-bond donors (Lipinski definition) is 3. The molecule has 0 unspecified atom stereocenters. The Balaban J connectivity index is 0.000000159. The summed E-state index contributed by atoms with van der Waals surface area (Å²) in [6, 6.07) is 27.9. The SMILES string of the molecule is CCN(CC)c1ccccc1.O=c1cc(O)c2ccccc2n1N=C1CCC1.O=c1cc(O)c2ccccc2n1NC1CCC1.[B]. The number of para-hydroxylation sites is 3. The topological polar surface area (TPSA) is 112 Å². The summed E-state index contributed by atoms with van der Waals surface area (Å²) < 4.78 is 2.92. The fourth-order valence-corrected chi connectivity index (χ4v) is 5.27. The summed E-state index contributed by atoms with van der Waals surface area (Å²) in [6.45, 7) is 6.52. The van der Waals surface area contributed by atoms with Crippen LogP contribution in [0, 0.1) is 0 Å². The van der Waals surface area contributed by atoms with Crippen molar-refractivity contribution in [3.05, 3.63) is 112 Å². The van der Waals surface area contributed by atoms with Gasteiger partial charge >= 0.3 is 0 Å². The average Bonchev–Trinajstić information content (AvgIpc) is 3.01. The molecule has 0 bridgehead atoms. The first-order chi connectivity index (χ1) is 21.9. The Morgan fingerprint density at radius 3 is 1.85 bits per heavy atom. The van der Waals surface area contributed by atoms with Crippen LogP contribution in [0.3, 0.4) is 0 Å². The molecule has 2 aliphatic carbocycles. The highest BCUT2D eigenvalue weighted by atomic mass is 16.3. The summed E-state index contributed by atoms with van der Waals surface area (Å²) in [6.07, 6.45) is 6.47. The van der Waals surface area contributed by atoms with Gasteiger partial charge in [-0.2, -0.15) is 9.78 Å². The predicted molar refractivity (Wildman–Crippen MR) is 189 cm³/mol. The van der Waals surface area contributed by atoms with E-state index in [0.29, 0.717) is 22.3 Å². The molecule has 3 N–H and O–H groups in total. The van der Waals surface area contributed by atoms with Crippen molar-refractivity contribution in [1.29, 1.82) is 0 Å². The molecule has 2 aromatic heterocycles.